The summed E-state index contributed by atoms with van der Waals surface area (Å²) in [7, 11) is 0. The van der Waals surface area contributed by atoms with E-state index >= 15 is 0 Å². The number of aliphatic hydroxyl groups is 1. The van der Waals surface area contributed by atoms with Crippen molar-refractivity contribution in [2.45, 2.75) is 57.3 Å². The van der Waals surface area contributed by atoms with E-state index in [0.29, 0.717) is 38.3 Å². The molecule has 8 nitrogen and oxygen atoms in total. The van der Waals surface area contributed by atoms with Crippen molar-refractivity contribution in [1.82, 2.24) is 25.4 Å². The van der Waals surface area contributed by atoms with Crippen LogP contribution in [0.25, 0.3) is 0 Å². The van der Waals surface area contributed by atoms with Crippen LogP contribution in [0.3, 0.4) is 0 Å². The van der Waals surface area contributed by atoms with Crippen LogP contribution in [0, 0.1) is 17.6 Å². The molecule has 10 heteroatoms. The lowest BCUT2D eigenvalue weighted by molar-refractivity contribution is -0.129. The molecule has 1 aromatic heterocycles. The largest absolute Gasteiger partial charge is 0.389 e. The zero-order chi connectivity index (χ0) is 27.1. The van der Waals surface area contributed by atoms with Crippen LogP contribution in [0.2, 0.25) is 0 Å². The van der Waals surface area contributed by atoms with Crippen molar-refractivity contribution in [3.05, 3.63) is 65.5 Å². The molecule has 38 heavy (non-hydrogen) atoms. The average Bonchev–Trinajstić information content (AvgIpc) is 3.27. The molecule has 2 aliphatic heterocycles. The number of aromatic nitrogens is 1. The number of rotatable bonds is 11. The topological polar surface area (TPSA) is 97.8 Å². The molecule has 0 saturated carbocycles. The number of pyridine rings is 1. The molecule has 4 rings (SSSR count). The Morgan fingerprint density at radius 1 is 1.24 bits per heavy atom. The Balaban J connectivity index is 1.46. The first-order valence-corrected chi connectivity index (χ1v) is 13.4. The van der Waals surface area contributed by atoms with Gasteiger partial charge in [0.1, 0.15) is 11.6 Å². The number of halogens is 2. The lowest BCUT2D eigenvalue weighted by Crippen LogP contribution is -2.61. The highest BCUT2D eigenvalue weighted by molar-refractivity contribution is 5.89. The Hall–Kier alpha value is -2.95. The third-order valence-electron chi connectivity index (χ3n) is 7.32. The number of nitrogens with zero attached hydrogens (tertiary/aromatic N) is 3. The molecular weight excluding hydrogens is 492 g/mol. The number of benzene rings is 1. The number of hydrogen-bond acceptors (Lipinski definition) is 6. The smallest absolute Gasteiger partial charge is 0.225 e. The molecule has 0 bridgehead atoms. The Labute approximate surface area is 222 Å². The molecule has 0 aliphatic carbocycles. The minimum Gasteiger partial charge on any atom is -0.389 e. The number of aliphatic hydroxyl groups excluding tert-OH is 1. The molecule has 2 fully saturated rings. The minimum atomic E-state index is -1.03. The molecule has 2 aromatic rings. The number of nitrogens with one attached hydrogen (secondary N) is 2. The quantitative estimate of drug-likeness (QED) is 0.411. The van der Waals surface area contributed by atoms with Gasteiger partial charge in [0.2, 0.25) is 11.8 Å². The average molecular weight is 530 g/mol. The number of hydrogen-bond donors (Lipinski definition) is 3. The van der Waals surface area contributed by atoms with Crippen molar-refractivity contribution >= 4 is 11.8 Å². The summed E-state index contributed by atoms with van der Waals surface area (Å²) in [5.41, 5.74) is 1.39. The summed E-state index contributed by atoms with van der Waals surface area (Å²) in [6.07, 6.45) is 4.48. The molecule has 0 spiro atoms. The van der Waals surface area contributed by atoms with Crippen LogP contribution in [0.1, 0.15) is 37.3 Å². The first kappa shape index (κ1) is 28.1. The molecule has 4 atom stereocenters. The summed E-state index contributed by atoms with van der Waals surface area (Å²) in [6, 6.07) is 5.91. The second kappa shape index (κ2) is 13.2. The monoisotopic (exact) mass is 529 g/mol. The van der Waals surface area contributed by atoms with Crippen LogP contribution >= 0.6 is 0 Å². The highest BCUT2D eigenvalue weighted by atomic mass is 19.1. The van der Waals surface area contributed by atoms with Crippen molar-refractivity contribution in [1.29, 1.82) is 0 Å². The van der Waals surface area contributed by atoms with Gasteiger partial charge in [0.05, 0.1) is 18.1 Å². The van der Waals surface area contributed by atoms with Gasteiger partial charge in [-0.25, -0.2) is 8.78 Å². The van der Waals surface area contributed by atoms with E-state index in [9.17, 15) is 23.5 Å². The number of piperazine rings is 1. The van der Waals surface area contributed by atoms with Crippen LogP contribution in [-0.2, 0) is 22.6 Å². The van der Waals surface area contributed by atoms with Crippen LogP contribution in [-0.4, -0.2) is 82.6 Å². The van der Waals surface area contributed by atoms with Gasteiger partial charge in [0, 0.05) is 70.2 Å². The van der Waals surface area contributed by atoms with E-state index in [0.717, 1.165) is 31.0 Å². The number of unbranched alkanes of at least 4 members (excludes halogenated alkanes) is 1. The predicted octanol–water partition coefficient (Wildman–Crippen LogP) is 1.87. The third-order valence-corrected chi connectivity index (χ3v) is 7.32. The Morgan fingerprint density at radius 3 is 2.74 bits per heavy atom. The van der Waals surface area contributed by atoms with Gasteiger partial charge < -0.3 is 20.6 Å². The number of likely N-dealkylation sites (tertiary alicyclic amines) is 1. The van der Waals surface area contributed by atoms with Crippen LogP contribution in [0.15, 0.2) is 42.7 Å². The number of amides is 2. The molecule has 0 unspecified atom stereocenters. The maximum Gasteiger partial charge on any atom is 0.225 e. The van der Waals surface area contributed by atoms with Gasteiger partial charge >= 0.3 is 0 Å². The number of carbonyl (C=O) groups is 2. The van der Waals surface area contributed by atoms with E-state index in [2.05, 4.69) is 20.5 Å². The first-order valence-electron chi connectivity index (χ1n) is 13.4. The fourth-order valence-corrected chi connectivity index (χ4v) is 5.30. The van der Waals surface area contributed by atoms with Crippen molar-refractivity contribution in [2.24, 2.45) is 5.92 Å². The van der Waals surface area contributed by atoms with Gasteiger partial charge in [-0.15, -0.1) is 0 Å². The Bertz CT molecular complexity index is 1070. The maximum absolute atomic E-state index is 13.9. The molecular formula is C28H37F2N5O3. The minimum absolute atomic E-state index is 0.0442. The van der Waals surface area contributed by atoms with Gasteiger partial charge in [-0.3, -0.25) is 19.5 Å². The zero-order valence-corrected chi connectivity index (χ0v) is 21.8. The standard InChI is InChI=1S/C28H37F2N5O3/c1-2-3-8-35-17-21(13-26(35)36)28(38)33-24(12-20-10-22(29)14-23(30)11-20)27(37)25-18-34(9-7-32-25)16-19-5-4-6-31-15-19/h4-6,10-11,14-15,21,24-25,27,32,37H,2-3,7-9,12-13,16-18H2,1H3,(H,33,38)/t21-,24-,25+,27-/m0/s1. The van der Waals surface area contributed by atoms with Crippen LogP contribution in [0.4, 0.5) is 8.78 Å². The third kappa shape index (κ3) is 7.55. The molecule has 2 amide bonds. The SMILES string of the molecule is CCCCN1C[C@@H](C(=O)N[C@@H](Cc2cc(F)cc(F)c2)[C@H](O)[C@H]2CN(Cc3cccnc3)CCN2)CC1=O. The zero-order valence-electron chi connectivity index (χ0n) is 21.8. The summed E-state index contributed by atoms with van der Waals surface area (Å²) in [4.78, 5) is 33.7. The van der Waals surface area contributed by atoms with Crippen LogP contribution in [0.5, 0.6) is 0 Å². The van der Waals surface area contributed by atoms with E-state index in [1.807, 2.05) is 25.3 Å². The normalized spacial score (nSPS) is 21.9. The summed E-state index contributed by atoms with van der Waals surface area (Å²) in [5, 5.41) is 17.7. The molecule has 0 radical (unpaired) electrons. The molecule has 1 aromatic carbocycles. The lowest BCUT2D eigenvalue weighted by atomic mass is 9.94. The van der Waals surface area contributed by atoms with Crippen molar-refractivity contribution in [3.63, 3.8) is 0 Å². The highest BCUT2D eigenvalue weighted by Crippen LogP contribution is 2.21. The molecule has 2 saturated heterocycles. The molecule has 3 heterocycles. The van der Waals surface area contributed by atoms with E-state index < -0.39 is 29.7 Å². The molecule has 2 aliphatic rings. The summed E-state index contributed by atoms with van der Waals surface area (Å²) < 4.78 is 27.9. The van der Waals surface area contributed by atoms with Gasteiger partial charge in [-0.1, -0.05) is 19.4 Å². The predicted molar refractivity (Wildman–Crippen MR) is 139 cm³/mol. The van der Waals surface area contributed by atoms with E-state index in [1.165, 1.54) is 12.1 Å². The lowest BCUT2D eigenvalue weighted by Gasteiger charge is -2.39. The second-order valence-corrected chi connectivity index (χ2v) is 10.3. The fourth-order valence-electron chi connectivity index (χ4n) is 5.30. The first-order chi connectivity index (χ1) is 18.3. The van der Waals surface area contributed by atoms with Gasteiger partial charge in [0.25, 0.3) is 0 Å². The number of carbonyl (C=O) groups excluding carboxylic acids is 2. The van der Waals surface area contributed by atoms with E-state index in [1.54, 1.807) is 11.1 Å². The van der Waals surface area contributed by atoms with Gasteiger partial charge in [0.15, 0.2) is 0 Å². The van der Waals surface area contributed by atoms with Crippen LogP contribution < -0.4 is 10.6 Å². The van der Waals surface area contributed by atoms with Crippen molar-refractivity contribution < 1.29 is 23.5 Å². The summed E-state index contributed by atoms with van der Waals surface area (Å²) in [6.45, 7) is 5.61. The van der Waals surface area contributed by atoms with Gasteiger partial charge in [-0.05, 0) is 42.2 Å². The maximum atomic E-state index is 13.9. The summed E-state index contributed by atoms with van der Waals surface area (Å²) in [5.74, 6) is -2.35. The van der Waals surface area contributed by atoms with Crippen molar-refractivity contribution in [3.8, 4) is 0 Å². The molecule has 3 N–H and O–H groups in total. The van der Waals surface area contributed by atoms with E-state index in [4.69, 9.17) is 0 Å². The molecule has 206 valence electrons. The fraction of sp³-hybridized carbons (Fsp3) is 0.536. The Kier molecular flexibility index (Phi) is 9.76. The van der Waals surface area contributed by atoms with Crippen molar-refractivity contribution in [2.75, 3.05) is 32.7 Å². The Morgan fingerprint density at radius 2 is 2.03 bits per heavy atom. The van der Waals surface area contributed by atoms with E-state index in [-0.39, 0.29) is 30.7 Å². The van der Waals surface area contributed by atoms with Gasteiger partial charge in [-0.2, -0.15) is 0 Å². The summed E-state index contributed by atoms with van der Waals surface area (Å²) >= 11 is 0. The highest BCUT2D eigenvalue weighted by Gasteiger charge is 2.37. The second-order valence-electron chi connectivity index (χ2n) is 10.3.